The molecule has 2 aromatic carbocycles. The van der Waals surface area contributed by atoms with E-state index in [1.165, 1.54) is 12.6 Å². The largest absolute Gasteiger partial charge is 0.489 e. The van der Waals surface area contributed by atoms with Gasteiger partial charge >= 0.3 is 6.03 Å². The highest BCUT2D eigenvalue weighted by Gasteiger charge is 2.19. The van der Waals surface area contributed by atoms with Crippen LogP contribution in [0.4, 0.5) is 10.5 Å². The number of ether oxygens (including phenoxy) is 1. The second-order valence-electron chi connectivity index (χ2n) is 5.36. The Morgan fingerprint density at radius 1 is 1.33 bits per heavy atom. The molecule has 0 bridgehead atoms. The summed E-state index contributed by atoms with van der Waals surface area (Å²) in [4.78, 5) is 11.7. The first-order valence-electron chi connectivity index (χ1n) is 7.68. The summed E-state index contributed by atoms with van der Waals surface area (Å²) >= 11 is 3.37. The van der Waals surface area contributed by atoms with E-state index in [-0.39, 0.29) is 6.61 Å². The number of hydroxylamine groups is 1. The van der Waals surface area contributed by atoms with Gasteiger partial charge in [-0.05, 0) is 52.5 Å². The molecule has 128 valence electrons. The summed E-state index contributed by atoms with van der Waals surface area (Å²) in [5.41, 5.74) is 3.36. The van der Waals surface area contributed by atoms with Gasteiger partial charge in [0.2, 0.25) is 0 Å². The number of nitrogens with zero attached hydrogens (tertiary/aromatic N) is 1. The van der Waals surface area contributed by atoms with Crippen LogP contribution in [0.15, 0.2) is 40.9 Å². The maximum absolute atomic E-state index is 11.7. The molecule has 0 atom stereocenters. The normalized spacial score (nSPS) is 10.4. The number of urea groups is 1. The van der Waals surface area contributed by atoms with Crippen molar-refractivity contribution in [3.63, 3.8) is 0 Å². The zero-order valence-corrected chi connectivity index (χ0v) is 15.6. The van der Waals surface area contributed by atoms with E-state index in [2.05, 4.69) is 34.2 Å². The van der Waals surface area contributed by atoms with Crippen LogP contribution in [-0.2, 0) is 13.0 Å². The molecule has 5 nitrogen and oxygen atoms in total. The first-order valence-corrected chi connectivity index (χ1v) is 8.47. The number of rotatable bonds is 5. The number of benzene rings is 2. The van der Waals surface area contributed by atoms with Gasteiger partial charge in [0.15, 0.2) is 0 Å². The molecule has 0 aromatic heterocycles. The standard InChI is InChI=1S/C18H21BrN2O3/c1-4-13-8-9-16(12(2)10-13)24-11-14-6-5-7-15(19)17(14)21(23)18(22)20-3/h5-10,23H,4,11H2,1-3H3,(H,20,22). The molecule has 2 rings (SSSR count). The SMILES string of the molecule is CCc1ccc(OCc2cccc(Br)c2N(O)C(=O)NC)c(C)c1. The molecule has 0 saturated heterocycles. The number of hydrogen-bond donors (Lipinski definition) is 2. The summed E-state index contributed by atoms with van der Waals surface area (Å²) in [6.07, 6.45) is 0.975. The van der Waals surface area contributed by atoms with Gasteiger partial charge < -0.3 is 10.1 Å². The van der Waals surface area contributed by atoms with Gasteiger partial charge in [-0.2, -0.15) is 5.06 Å². The molecule has 24 heavy (non-hydrogen) atoms. The van der Waals surface area contributed by atoms with Crippen molar-refractivity contribution in [3.05, 3.63) is 57.6 Å². The first kappa shape index (κ1) is 18.3. The maximum atomic E-state index is 11.7. The number of aryl methyl sites for hydroxylation is 2. The molecular weight excluding hydrogens is 372 g/mol. The van der Waals surface area contributed by atoms with Crippen LogP contribution < -0.4 is 15.1 Å². The number of nitrogens with one attached hydrogen (secondary N) is 1. The molecule has 0 aliphatic heterocycles. The van der Waals surface area contributed by atoms with Crippen LogP contribution >= 0.6 is 15.9 Å². The molecule has 0 radical (unpaired) electrons. The highest BCUT2D eigenvalue weighted by Crippen LogP contribution is 2.31. The van der Waals surface area contributed by atoms with Crippen molar-refractivity contribution < 1.29 is 14.7 Å². The lowest BCUT2D eigenvalue weighted by atomic mass is 10.1. The number of carbonyl (C=O) groups excluding carboxylic acids is 1. The van der Waals surface area contributed by atoms with Crippen LogP contribution in [0.3, 0.4) is 0 Å². The molecule has 0 saturated carbocycles. The molecule has 0 aliphatic carbocycles. The van der Waals surface area contributed by atoms with E-state index in [9.17, 15) is 10.0 Å². The molecule has 0 fully saturated rings. The second kappa shape index (κ2) is 8.17. The highest BCUT2D eigenvalue weighted by atomic mass is 79.9. The minimum Gasteiger partial charge on any atom is -0.489 e. The van der Waals surface area contributed by atoms with Crippen LogP contribution in [0.2, 0.25) is 0 Å². The predicted octanol–water partition coefficient (Wildman–Crippen LogP) is 4.43. The molecule has 2 aromatic rings. The number of para-hydroxylation sites is 1. The summed E-state index contributed by atoms with van der Waals surface area (Å²) < 4.78 is 6.50. The topological polar surface area (TPSA) is 61.8 Å². The molecule has 0 spiro atoms. The lowest BCUT2D eigenvalue weighted by molar-refractivity contribution is 0.205. The van der Waals surface area contributed by atoms with Gasteiger partial charge in [-0.25, -0.2) is 4.79 Å². The van der Waals surface area contributed by atoms with Gasteiger partial charge in [0.05, 0.1) is 5.69 Å². The van der Waals surface area contributed by atoms with Crippen LogP contribution in [0.5, 0.6) is 5.75 Å². The number of carbonyl (C=O) groups is 1. The number of halogens is 1. The van der Waals surface area contributed by atoms with Crippen molar-refractivity contribution in [1.29, 1.82) is 0 Å². The molecule has 0 aliphatic rings. The van der Waals surface area contributed by atoms with Gasteiger partial charge in [0, 0.05) is 17.1 Å². The van der Waals surface area contributed by atoms with Crippen LogP contribution in [0.25, 0.3) is 0 Å². The average Bonchev–Trinajstić information content (AvgIpc) is 2.59. The van der Waals surface area contributed by atoms with Crippen LogP contribution in [0.1, 0.15) is 23.6 Å². The monoisotopic (exact) mass is 392 g/mol. The lowest BCUT2D eigenvalue weighted by Crippen LogP contribution is -2.36. The smallest absolute Gasteiger partial charge is 0.345 e. The zero-order chi connectivity index (χ0) is 17.7. The zero-order valence-electron chi connectivity index (χ0n) is 14.0. The quantitative estimate of drug-likeness (QED) is 0.584. The fraction of sp³-hybridized carbons (Fsp3) is 0.278. The number of amides is 2. The first-order chi connectivity index (χ1) is 11.5. The Hall–Kier alpha value is -2.05. The van der Waals surface area contributed by atoms with Crippen molar-refractivity contribution in [3.8, 4) is 5.75 Å². The van der Waals surface area contributed by atoms with Gasteiger partial charge in [0.25, 0.3) is 0 Å². The third-order valence-corrected chi connectivity index (χ3v) is 4.36. The molecule has 2 N–H and O–H groups in total. The van der Waals surface area contributed by atoms with E-state index in [0.717, 1.165) is 17.7 Å². The molecule has 0 unspecified atom stereocenters. The minimum atomic E-state index is -0.619. The molecule has 2 amide bonds. The van der Waals surface area contributed by atoms with Gasteiger partial charge in [0.1, 0.15) is 12.4 Å². The van der Waals surface area contributed by atoms with Gasteiger partial charge in [-0.3, -0.25) is 5.21 Å². The van der Waals surface area contributed by atoms with E-state index in [4.69, 9.17) is 4.74 Å². The fourth-order valence-electron chi connectivity index (χ4n) is 2.37. The molecule has 0 heterocycles. The third-order valence-electron chi connectivity index (χ3n) is 3.72. The van der Waals surface area contributed by atoms with E-state index in [1.54, 1.807) is 6.07 Å². The second-order valence-corrected chi connectivity index (χ2v) is 6.21. The summed E-state index contributed by atoms with van der Waals surface area (Å²) in [6.45, 7) is 4.34. The van der Waals surface area contributed by atoms with Crippen molar-refractivity contribution in [2.24, 2.45) is 0 Å². The Bertz CT molecular complexity index is 734. The van der Waals surface area contributed by atoms with Crippen LogP contribution in [-0.4, -0.2) is 18.3 Å². The molecular formula is C18H21BrN2O3. The van der Waals surface area contributed by atoms with Crippen LogP contribution in [0, 0.1) is 6.92 Å². The number of anilines is 1. The fourth-order valence-corrected chi connectivity index (χ4v) is 2.95. The minimum absolute atomic E-state index is 0.231. The van der Waals surface area contributed by atoms with E-state index >= 15 is 0 Å². The lowest BCUT2D eigenvalue weighted by Gasteiger charge is -2.20. The van der Waals surface area contributed by atoms with Crippen molar-refractivity contribution >= 4 is 27.6 Å². The average molecular weight is 393 g/mol. The van der Waals surface area contributed by atoms with Gasteiger partial charge in [-0.1, -0.05) is 31.2 Å². The van der Waals surface area contributed by atoms with Crippen molar-refractivity contribution in [2.75, 3.05) is 12.1 Å². The van der Waals surface area contributed by atoms with Crippen molar-refractivity contribution in [2.45, 2.75) is 26.9 Å². The Morgan fingerprint density at radius 3 is 2.71 bits per heavy atom. The van der Waals surface area contributed by atoms with Gasteiger partial charge in [-0.15, -0.1) is 0 Å². The van der Waals surface area contributed by atoms with Crippen molar-refractivity contribution in [1.82, 2.24) is 5.32 Å². The van der Waals surface area contributed by atoms with E-state index in [0.29, 0.717) is 20.8 Å². The maximum Gasteiger partial charge on any atom is 0.345 e. The highest BCUT2D eigenvalue weighted by molar-refractivity contribution is 9.10. The Labute approximate surface area is 150 Å². The summed E-state index contributed by atoms with van der Waals surface area (Å²) in [5, 5.41) is 13.1. The molecule has 6 heteroatoms. The Morgan fingerprint density at radius 2 is 2.08 bits per heavy atom. The predicted molar refractivity (Wildman–Crippen MR) is 97.8 cm³/mol. The Balaban J connectivity index is 2.24. The third kappa shape index (κ3) is 4.07. The Kier molecular flexibility index (Phi) is 6.23. The summed E-state index contributed by atoms with van der Waals surface area (Å²) in [7, 11) is 1.46. The summed E-state index contributed by atoms with van der Waals surface area (Å²) in [6, 6.07) is 10.9. The number of hydrogen-bond acceptors (Lipinski definition) is 3. The van der Waals surface area contributed by atoms with E-state index in [1.807, 2.05) is 31.2 Å². The van der Waals surface area contributed by atoms with E-state index < -0.39 is 6.03 Å². The summed E-state index contributed by atoms with van der Waals surface area (Å²) in [5.74, 6) is 0.780.